The minimum atomic E-state index is -3.63. The highest BCUT2D eigenvalue weighted by molar-refractivity contribution is 7.89. The van der Waals surface area contributed by atoms with Gasteiger partial charge in [-0.15, -0.1) is 0 Å². The van der Waals surface area contributed by atoms with Gasteiger partial charge in [0, 0.05) is 45.6 Å². The third-order valence-electron chi connectivity index (χ3n) is 5.34. The number of sulfonamides is 1. The molecule has 0 saturated carbocycles. The van der Waals surface area contributed by atoms with E-state index in [0.29, 0.717) is 38.5 Å². The predicted molar refractivity (Wildman–Crippen MR) is 113 cm³/mol. The largest absolute Gasteiger partial charge is 0.339 e. The van der Waals surface area contributed by atoms with Crippen molar-refractivity contribution < 1.29 is 18.0 Å². The minimum absolute atomic E-state index is 0.0572. The molecule has 0 radical (unpaired) electrons. The van der Waals surface area contributed by atoms with Crippen molar-refractivity contribution in [2.24, 2.45) is 5.92 Å². The van der Waals surface area contributed by atoms with Gasteiger partial charge < -0.3 is 9.80 Å². The Kier molecular flexibility index (Phi) is 8.22. The number of rotatable bonds is 8. The number of carbonyl (C=O) groups is 2. The molecule has 1 heterocycles. The lowest BCUT2D eigenvalue weighted by atomic mass is 10.1. The van der Waals surface area contributed by atoms with Crippen molar-refractivity contribution in [2.75, 3.05) is 32.7 Å². The molecule has 1 aliphatic heterocycles. The lowest BCUT2D eigenvalue weighted by molar-refractivity contribution is -0.139. The average Bonchev–Trinajstić information content (AvgIpc) is 2.68. The lowest BCUT2D eigenvalue weighted by Crippen LogP contribution is -2.51. The van der Waals surface area contributed by atoms with Gasteiger partial charge in [-0.3, -0.25) is 9.59 Å². The summed E-state index contributed by atoms with van der Waals surface area (Å²) in [5.74, 6) is 0.545. The summed E-state index contributed by atoms with van der Waals surface area (Å²) in [5.41, 5.74) is 1.94. The molecule has 0 aromatic heterocycles. The number of hydrogen-bond acceptors (Lipinski definition) is 4. The van der Waals surface area contributed by atoms with Crippen molar-refractivity contribution in [3.8, 4) is 0 Å². The minimum Gasteiger partial charge on any atom is -0.339 e. The van der Waals surface area contributed by atoms with Crippen LogP contribution in [0.3, 0.4) is 0 Å². The molecule has 29 heavy (non-hydrogen) atoms. The van der Waals surface area contributed by atoms with E-state index in [-0.39, 0.29) is 29.7 Å². The van der Waals surface area contributed by atoms with Crippen LogP contribution < -0.4 is 4.72 Å². The number of hydrogen-bond donors (Lipinski definition) is 1. The molecule has 1 aromatic rings. The summed E-state index contributed by atoms with van der Waals surface area (Å²) >= 11 is 0. The number of aryl methyl sites for hydroxylation is 2. The van der Waals surface area contributed by atoms with E-state index in [2.05, 4.69) is 18.6 Å². The smallest absolute Gasteiger partial charge is 0.240 e. The van der Waals surface area contributed by atoms with Crippen LogP contribution in [0.15, 0.2) is 23.1 Å². The maximum Gasteiger partial charge on any atom is 0.240 e. The van der Waals surface area contributed by atoms with Crippen LogP contribution in [-0.4, -0.2) is 62.8 Å². The number of nitrogens with zero attached hydrogens (tertiary/aromatic N) is 2. The third-order valence-corrected chi connectivity index (χ3v) is 6.80. The van der Waals surface area contributed by atoms with Gasteiger partial charge in [0.05, 0.1) is 4.90 Å². The van der Waals surface area contributed by atoms with Crippen LogP contribution in [0.2, 0.25) is 0 Å². The lowest BCUT2D eigenvalue weighted by Gasteiger charge is -2.35. The first kappa shape index (κ1) is 23.3. The number of carbonyl (C=O) groups excluding carboxylic acids is 2. The Labute approximate surface area is 174 Å². The summed E-state index contributed by atoms with van der Waals surface area (Å²) in [6.45, 7) is 10.1. The topological polar surface area (TPSA) is 86.8 Å². The first-order valence-electron chi connectivity index (χ1n) is 10.2. The molecule has 0 spiro atoms. The second-order valence-electron chi connectivity index (χ2n) is 8.09. The second-order valence-corrected chi connectivity index (χ2v) is 9.85. The second kappa shape index (κ2) is 10.2. The fraction of sp³-hybridized carbons (Fsp3) is 0.619. The molecule has 1 N–H and O–H groups in total. The van der Waals surface area contributed by atoms with Crippen molar-refractivity contribution >= 4 is 21.8 Å². The zero-order valence-corrected chi connectivity index (χ0v) is 18.7. The molecule has 0 bridgehead atoms. The zero-order valence-electron chi connectivity index (χ0n) is 17.9. The normalized spacial score (nSPS) is 15.1. The van der Waals surface area contributed by atoms with Gasteiger partial charge in [0.1, 0.15) is 0 Å². The fourth-order valence-corrected chi connectivity index (χ4v) is 4.31. The van der Waals surface area contributed by atoms with Crippen LogP contribution in [-0.2, 0) is 19.6 Å². The Hall–Kier alpha value is -1.93. The monoisotopic (exact) mass is 423 g/mol. The highest BCUT2D eigenvalue weighted by atomic mass is 32.2. The molecule has 8 heteroatoms. The Morgan fingerprint density at radius 3 is 2.03 bits per heavy atom. The Bertz CT molecular complexity index is 828. The van der Waals surface area contributed by atoms with Gasteiger partial charge in [-0.25, -0.2) is 13.1 Å². The van der Waals surface area contributed by atoms with E-state index in [0.717, 1.165) is 17.5 Å². The van der Waals surface area contributed by atoms with Crippen LogP contribution in [0, 0.1) is 19.8 Å². The van der Waals surface area contributed by atoms with Crippen molar-refractivity contribution in [1.29, 1.82) is 0 Å². The molecule has 0 aliphatic carbocycles. The molecule has 1 fully saturated rings. The Morgan fingerprint density at radius 2 is 1.52 bits per heavy atom. The fourth-order valence-electron chi connectivity index (χ4n) is 3.19. The van der Waals surface area contributed by atoms with Crippen LogP contribution in [0.4, 0.5) is 0 Å². The van der Waals surface area contributed by atoms with Crippen LogP contribution in [0.1, 0.15) is 44.2 Å². The van der Waals surface area contributed by atoms with E-state index in [1.807, 2.05) is 18.7 Å². The van der Waals surface area contributed by atoms with Gasteiger partial charge in [-0.1, -0.05) is 19.9 Å². The first-order chi connectivity index (χ1) is 13.6. The van der Waals surface area contributed by atoms with Crippen molar-refractivity contribution in [3.63, 3.8) is 0 Å². The van der Waals surface area contributed by atoms with Gasteiger partial charge in [-0.2, -0.15) is 0 Å². The van der Waals surface area contributed by atoms with Crippen LogP contribution in [0.5, 0.6) is 0 Å². The molecule has 0 unspecified atom stereocenters. The van der Waals surface area contributed by atoms with Crippen LogP contribution >= 0.6 is 0 Å². The van der Waals surface area contributed by atoms with Crippen LogP contribution in [0.25, 0.3) is 0 Å². The summed E-state index contributed by atoms with van der Waals surface area (Å²) in [6.07, 6.45) is 1.52. The zero-order chi connectivity index (χ0) is 21.6. The maximum absolute atomic E-state index is 12.4. The SMILES string of the molecule is Cc1ccc(S(=O)(=O)NCCC(=O)N2CCN(C(=O)CCC(C)C)CC2)cc1C. The van der Waals surface area contributed by atoms with Gasteiger partial charge >= 0.3 is 0 Å². The molecular weight excluding hydrogens is 390 g/mol. The summed E-state index contributed by atoms with van der Waals surface area (Å²) in [5, 5.41) is 0. The molecule has 0 atom stereocenters. The van der Waals surface area contributed by atoms with E-state index in [1.54, 1.807) is 23.1 Å². The van der Waals surface area contributed by atoms with Gasteiger partial charge in [0.2, 0.25) is 21.8 Å². The number of piperazine rings is 1. The predicted octanol–water partition coefficient (Wildman–Crippen LogP) is 2.08. The molecule has 7 nitrogen and oxygen atoms in total. The van der Waals surface area contributed by atoms with Gasteiger partial charge in [0.15, 0.2) is 0 Å². The van der Waals surface area contributed by atoms with E-state index in [4.69, 9.17) is 0 Å². The molecule has 1 saturated heterocycles. The quantitative estimate of drug-likeness (QED) is 0.694. The van der Waals surface area contributed by atoms with Crippen molar-refractivity contribution in [1.82, 2.24) is 14.5 Å². The van der Waals surface area contributed by atoms with E-state index < -0.39 is 10.0 Å². The Balaban J connectivity index is 1.77. The summed E-state index contributed by atoms with van der Waals surface area (Å²) < 4.78 is 27.3. The number of nitrogens with one attached hydrogen (secondary N) is 1. The van der Waals surface area contributed by atoms with E-state index in [9.17, 15) is 18.0 Å². The van der Waals surface area contributed by atoms with E-state index in [1.165, 1.54) is 0 Å². The van der Waals surface area contributed by atoms with E-state index >= 15 is 0 Å². The van der Waals surface area contributed by atoms with Crippen molar-refractivity contribution in [2.45, 2.75) is 51.9 Å². The highest BCUT2D eigenvalue weighted by Crippen LogP contribution is 2.15. The number of benzene rings is 1. The number of amides is 2. The molecule has 1 aliphatic rings. The molecule has 2 amide bonds. The first-order valence-corrected chi connectivity index (χ1v) is 11.7. The Morgan fingerprint density at radius 1 is 0.966 bits per heavy atom. The highest BCUT2D eigenvalue weighted by Gasteiger charge is 2.24. The average molecular weight is 424 g/mol. The summed E-state index contributed by atoms with van der Waals surface area (Å²) in [7, 11) is -3.63. The molecule has 162 valence electrons. The van der Waals surface area contributed by atoms with Gasteiger partial charge in [0.25, 0.3) is 0 Å². The molecular formula is C21H33N3O4S. The third kappa shape index (κ3) is 6.82. The maximum atomic E-state index is 12.4. The summed E-state index contributed by atoms with van der Waals surface area (Å²) in [6, 6.07) is 4.98. The van der Waals surface area contributed by atoms with Crippen molar-refractivity contribution in [3.05, 3.63) is 29.3 Å². The molecule has 2 rings (SSSR count). The van der Waals surface area contributed by atoms with Gasteiger partial charge in [-0.05, 0) is 49.4 Å². The molecule has 1 aromatic carbocycles. The summed E-state index contributed by atoms with van der Waals surface area (Å²) in [4.78, 5) is 28.3. The standard InChI is InChI=1S/C21H33N3O4S/c1-16(2)5-8-20(25)23-11-13-24(14-12-23)21(26)9-10-22-29(27,28)19-7-6-17(3)18(4)15-19/h6-7,15-16,22H,5,8-14H2,1-4H3.